The summed E-state index contributed by atoms with van der Waals surface area (Å²) in [7, 11) is 0. The topological polar surface area (TPSA) is 84.4 Å². The lowest BCUT2D eigenvalue weighted by Gasteiger charge is -2.29. The van der Waals surface area contributed by atoms with E-state index in [1.165, 1.54) is 6.07 Å². The van der Waals surface area contributed by atoms with E-state index in [9.17, 15) is 10.2 Å². The molecular weight excluding hydrogens is 316 g/mol. The van der Waals surface area contributed by atoms with Gasteiger partial charge in [-0.25, -0.2) is 0 Å². The molecule has 4 rings (SSSR count). The number of anilines is 1. The zero-order valence-corrected chi connectivity index (χ0v) is 13.7. The predicted molar refractivity (Wildman–Crippen MR) is 97.9 cm³/mol. The van der Waals surface area contributed by atoms with Gasteiger partial charge in [0.1, 0.15) is 11.5 Å². The van der Waals surface area contributed by atoms with Gasteiger partial charge in [0, 0.05) is 43.4 Å². The van der Waals surface area contributed by atoms with Crippen LogP contribution >= 0.6 is 0 Å². The van der Waals surface area contributed by atoms with Gasteiger partial charge in [-0.2, -0.15) is 5.10 Å². The summed E-state index contributed by atoms with van der Waals surface area (Å²) in [5.41, 5.74) is 3.92. The van der Waals surface area contributed by atoms with Gasteiger partial charge in [-0.1, -0.05) is 30.3 Å². The number of aromatic amines is 1. The summed E-state index contributed by atoms with van der Waals surface area (Å²) in [6, 6.07) is 12.8. The molecule has 0 amide bonds. The van der Waals surface area contributed by atoms with E-state index in [0.717, 1.165) is 43.1 Å². The normalized spacial score (nSPS) is 14.6. The molecule has 1 aliphatic heterocycles. The molecule has 128 valence electrons. The van der Waals surface area contributed by atoms with Crippen LogP contribution in [0.1, 0.15) is 0 Å². The Balaban J connectivity index is 1.80. The summed E-state index contributed by atoms with van der Waals surface area (Å²) in [6.45, 7) is 3.61. The third-order valence-corrected chi connectivity index (χ3v) is 4.55. The van der Waals surface area contributed by atoms with E-state index < -0.39 is 0 Å². The van der Waals surface area contributed by atoms with Crippen molar-refractivity contribution in [1.29, 1.82) is 0 Å². The molecule has 6 heteroatoms. The van der Waals surface area contributed by atoms with E-state index in [-0.39, 0.29) is 11.5 Å². The first-order valence-corrected chi connectivity index (χ1v) is 8.35. The molecule has 0 unspecified atom stereocenters. The van der Waals surface area contributed by atoms with Crippen LogP contribution in [0, 0.1) is 0 Å². The van der Waals surface area contributed by atoms with E-state index in [1.54, 1.807) is 12.3 Å². The van der Waals surface area contributed by atoms with Crippen molar-refractivity contribution < 1.29 is 10.2 Å². The van der Waals surface area contributed by atoms with E-state index in [0.29, 0.717) is 11.1 Å². The van der Waals surface area contributed by atoms with Crippen LogP contribution in [0.15, 0.2) is 48.7 Å². The SMILES string of the molecule is Oc1cc(O)c(-c2[nH]ncc2N2CCNCC2)cc1-c1ccccc1. The van der Waals surface area contributed by atoms with E-state index in [4.69, 9.17) is 0 Å². The Labute approximate surface area is 145 Å². The van der Waals surface area contributed by atoms with Crippen molar-refractivity contribution in [2.75, 3.05) is 31.1 Å². The maximum Gasteiger partial charge on any atom is 0.128 e. The Bertz CT molecular complexity index is 870. The number of nitrogens with one attached hydrogen (secondary N) is 2. The molecule has 1 saturated heterocycles. The number of piperazine rings is 1. The van der Waals surface area contributed by atoms with Crippen molar-refractivity contribution in [3.05, 3.63) is 48.7 Å². The summed E-state index contributed by atoms with van der Waals surface area (Å²) in [5, 5.41) is 31.2. The van der Waals surface area contributed by atoms with Gasteiger partial charge in [0.2, 0.25) is 0 Å². The lowest BCUT2D eigenvalue weighted by Crippen LogP contribution is -2.43. The lowest BCUT2D eigenvalue weighted by atomic mass is 9.99. The molecule has 0 atom stereocenters. The molecule has 25 heavy (non-hydrogen) atoms. The maximum atomic E-state index is 10.4. The summed E-state index contributed by atoms with van der Waals surface area (Å²) in [6.07, 6.45) is 1.79. The lowest BCUT2D eigenvalue weighted by molar-refractivity contribution is 0.453. The second kappa shape index (κ2) is 6.49. The van der Waals surface area contributed by atoms with Crippen LogP contribution in [0.5, 0.6) is 11.5 Å². The highest BCUT2D eigenvalue weighted by molar-refractivity contribution is 5.85. The molecule has 0 saturated carbocycles. The maximum absolute atomic E-state index is 10.4. The monoisotopic (exact) mass is 336 g/mol. The number of nitrogens with zero attached hydrogens (tertiary/aromatic N) is 2. The van der Waals surface area contributed by atoms with Crippen LogP contribution in [0.25, 0.3) is 22.4 Å². The van der Waals surface area contributed by atoms with E-state index in [2.05, 4.69) is 20.4 Å². The molecule has 0 radical (unpaired) electrons. The number of aromatic nitrogens is 2. The Kier molecular flexibility index (Phi) is 4.03. The fourth-order valence-electron chi connectivity index (χ4n) is 3.25. The first-order chi connectivity index (χ1) is 12.2. The number of phenols is 2. The molecule has 1 aliphatic rings. The van der Waals surface area contributed by atoms with Gasteiger partial charge in [0.05, 0.1) is 17.6 Å². The Morgan fingerprint density at radius 1 is 0.920 bits per heavy atom. The number of phenolic OH excluding ortho intramolecular Hbond substituents is 2. The van der Waals surface area contributed by atoms with Gasteiger partial charge in [-0.05, 0) is 11.6 Å². The minimum Gasteiger partial charge on any atom is -0.507 e. The van der Waals surface area contributed by atoms with Crippen molar-refractivity contribution in [3.8, 4) is 33.9 Å². The molecule has 1 aromatic heterocycles. The predicted octanol–water partition coefficient (Wildman–Crippen LogP) is 2.56. The highest BCUT2D eigenvalue weighted by atomic mass is 16.3. The molecule has 3 aromatic rings. The fourth-order valence-corrected chi connectivity index (χ4v) is 3.25. The quantitative estimate of drug-likeness (QED) is 0.591. The number of hydrogen-bond donors (Lipinski definition) is 4. The number of H-pyrrole nitrogens is 1. The summed E-state index contributed by atoms with van der Waals surface area (Å²) < 4.78 is 0. The number of aromatic hydroxyl groups is 2. The molecule has 0 bridgehead atoms. The summed E-state index contributed by atoms with van der Waals surface area (Å²) in [4.78, 5) is 2.24. The molecule has 6 nitrogen and oxygen atoms in total. The highest BCUT2D eigenvalue weighted by Gasteiger charge is 2.20. The zero-order chi connectivity index (χ0) is 17.2. The third-order valence-electron chi connectivity index (χ3n) is 4.55. The van der Waals surface area contributed by atoms with E-state index in [1.807, 2.05) is 30.3 Å². The standard InChI is InChI=1S/C19H20N4O2/c24-17-11-18(25)15(10-14(17)13-4-2-1-3-5-13)19-16(12-21-22-19)23-8-6-20-7-9-23/h1-5,10-12,20,24-25H,6-9H2,(H,21,22). The molecule has 0 aliphatic carbocycles. The van der Waals surface area contributed by atoms with Gasteiger partial charge in [-0.3, -0.25) is 5.10 Å². The van der Waals surface area contributed by atoms with Gasteiger partial charge in [-0.15, -0.1) is 0 Å². The number of rotatable bonds is 3. The molecular formula is C19H20N4O2. The number of hydrogen-bond acceptors (Lipinski definition) is 5. The van der Waals surface area contributed by atoms with Crippen molar-refractivity contribution in [3.63, 3.8) is 0 Å². The molecule has 1 fully saturated rings. The molecule has 4 N–H and O–H groups in total. The smallest absolute Gasteiger partial charge is 0.128 e. The first-order valence-electron chi connectivity index (χ1n) is 8.35. The minimum atomic E-state index is 0.0258. The van der Waals surface area contributed by atoms with Crippen LogP contribution in [0.4, 0.5) is 5.69 Å². The minimum absolute atomic E-state index is 0.0258. The van der Waals surface area contributed by atoms with Crippen molar-refractivity contribution in [2.45, 2.75) is 0 Å². The average molecular weight is 336 g/mol. The van der Waals surface area contributed by atoms with Crippen molar-refractivity contribution in [1.82, 2.24) is 15.5 Å². The second-order valence-corrected chi connectivity index (χ2v) is 6.12. The Morgan fingerprint density at radius 3 is 2.40 bits per heavy atom. The Morgan fingerprint density at radius 2 is 1.64 bits per heavy atom. The first kappa shape index (κ1) is 15.5. The summed E-state index contributed by atoms with van der Waals surface area (Å²) in [5.74, 6) is 0.0773. The van der Waals surface area contributed by atoms with Crippen molar-refractivity contribution in [2.24, 2.45) is 0 Å². The third kappa shape index (κ3) is 2.92. The fraction of sp³-hybridized carbons (Fsp3) is 0.211. The highest BCUT2D eigenvalue weighted by Crippen LogP contribution is 2.41. The largest absolute Gasteiger partial charge is 0.507 e. The van der Waals surface area contributed by atoms with E-state index >= 15 is 0 Å². The van der Waals surface area contributed by atoms with Gasteiger partial charge in [0.15, 0.2) is 0 Å². The molecule has 2 heterocycles. The van der Waals surface area contributed by atoms with Gasteiger partial charge < -0.3 is 20.4 Å². The van der Waals surface area contributed by atoms with Gasteiger partial charge >= 0.3 is 0 Å². The van der Waals surface area contributed by atoms with Crippen LogP contribution in [0.2, 0.25) is 0 Å². The van der Waals surface area contributed by atoms with Crippen LogP contribution in [-0.4, -0.2) is 46.6 Å². The second-order valence-electron chi connectivity index (χ2n) is 6.12. The Hall–Kier alpha value is -2.99. The van der Waals surface area contributed by atoms with Crippen molar-refractivity contribution >= 4 is 5.69 Å². The molecule has 0 spiro atoms. The zero-order valence-electron chi connectivity index (χ0n) is 13.7. The summed E-state index contributed by atoms with van der Waals surface area (Å²) >= 11 is 0. The van der Waals surface area contributed by atoms with Gasteiger partial charge in [0.25, 0.3) is 0 Å². The van der Waals surface area contributed by atoms with Crippen LogP contribution in [-0.2, 0) is 0 Å². The van der Waals surface area contributed by atoms with Crippen LogP contribution < -0.4 is 10.2 Å². The van der Waals surface area contributed by atoms with Crippen LogP contribution in [0.3, 0.4) is 0 Å². The molecule has 2 aromatic carbocycles. The number of benzene rings is 2. The average Bonchev–Trinajstić information content (AvgIpc) is 3.13.